The second-order valence-electron chi connectivity index (χ2n) is 7.02. The maximum Gasteiger partial charge on any atom is 0.123 e. The summed E-state index contributed by atoms with van der Waals surface area (Å²) >= 11 is 0. The summed E-state index contributed by atoms with van der Waals surface area (Å²) in [5, 5.41) is 0. The highest BCUT2D eigenvalue weighted by molar-refractivity contribution is 5.21. The zero-order valence-electron chi connectivity index (χ0n) is 13.8. The van der Waals surface area contributed by atoms with Gasteiger partial charge in [0.1, 0.15) is 5.82 Å². The van der Waals surface area contributed by atoms with Crippen LogP contribution in [0.3, 0.4) is 0 Å². The van der Waals surface area contributed by atoms with Crippen LogP contribution in [0.2, 0.25) is 0 Å². The first-order chi connectivity index (χ1) is 10.6. The van der Waals surface area contributed by atoms with E-state index in [0.717, 1.165) is 6.54 Å². The van der Waals surface area contributed by atoms with Crippen LogP contribution in [0.25, 0.3) is 0 Å². The third kappa shape index (κ3) is 3.86. The number of hydrogen-bond acceptors (Lipinski definition) is 3. The molecule has 2 heterocycles. The van der Waals surface area contributed by atoms with Crippen molar-refractivity contribution < 1.29 is 4.39 Å². The van der Waals surface area contributed by atoms with Gasteiger partial charge in [0.2, 0.25) is 0 Å². The molecule has 122 valence electrons. The number of nitrogens with zero attached hydrogens (tertiary/aromatic N) is 3. The van der Waals surface area contributed by atoms with Gasteiger partial charge in [0.05, 0.1) is 0 Å². The quantitative estimate of drug-likeness (QED) is 0.845. The molecule has 0 amide bonds. The van der Waals surface area contributed by atoms with Crippen molar-refractivity contribution in [3.05, 3.63) is 35.6 Å². The third-order valence-corrected chi connectivity index (χ3v) is 5.37. The van der Waals surface area contributed by atoms with Gasteiger partial charge in [-0.1, -0.05) is 12.1 Å². The van der Waals surface area contributed by atoms with Crippen molar-refractivity contribution in [2.45, 2.75) is 24.8 Å². The summed E-state index contributed by atoms with van der Waals surface area (Å²) in [6, 6.07) is 7.76. The van der Waals surface area contributed by atoms with Gasteiger partial charge >= 0.3 is 0 Å². The summed E-state index contributed by atoms with van der Waals surface area (Å²) in [7, 11) is 4.48. The fourth-order valence-corrected chi connectivity index (χ4v) is 3.79. The monoisotopic (exact) mass is 305 g/mol. The van der Waals surface area contributed by atoms with Crippen molar-refractivity contribution in [3.8, 4) is 0 Å². The second kappa shape index (κ2) is 7.07. The Bertz CT molecular complexity index is 476. The van der Waals surface area contributed by atoms with E-state index in [2.05, 4.69) is 28.8 Å². The SMILES string of the molecule is CN1CCN(C)[C@@H](CCN2CC[C@H](c3ccc(F)cc3)C2)C1. The van der Waals surface area contributed by atoms with Gasteiger partial charge in [-0.2, -0.15) is 0 Å². The van der Waals surface area contributed by atoms with Gasteiger partial charge in [0.15, 0.2) is 0 Å². The average Bonchev–Trinajstić information content (AvgIpc) is 2.98. The lowest BCUT2D eigenvalue weighted by Crippen LogP contribution is -2.50. The van der Waals surface area contributed by atoms with Crippen molar-refractivity contribution in [1.29, 1.82) is 0 Å². The smallest absolute Gasteiger partial charge is 0.123 e. The highest BCUT2D eigenvalue weighted by Gasteiger charge is 2.26. The molecule has 0 spiro atoms. The van der Waals surface area contributed by atoms with E-state index in [1.165, 1.54) is 51.1 Å². The number of benzene rings is 1. The van der Waals surface area contributed by atoms with E-state index in [0.29, 0.717) is 12.0 Å². The van der Waals surface area contributed by atoms with Gasteiger partial charge in [-0.25, -0.2) is 4.39 Å². The molecule has 0 unspecified atom stereocenters. The van der Waals surface area contributed by atoms with E-state index >= 15 is 0 Å². The Morgan fingerprint density at radius 3 is 2.59 bits per heavy atom. The van der Waals surface area contributed by atoms with Gasteiger partial charge in [-0.05, 0) is 63.6 Å². The summed E-state index contributed by atoms with van der Waals surface area (Å²) < 4.78 is 13.0. The van der Waals surface area contributed by atoms with Crippen molar-refractivity contribution >= 4 is 0 Å². The van der Waals surface area contributed by atoms with Gasteiger partial charge in [0.25, 0.3) is 0 Å². The number of piperazine rings is 1. The zero-order valence-corrected chi connectivity index (χ0v) is 13.8. The van der Waals surface area contributed by atoms with Crippen LogP contribution in [-0.2, 0) is 0 Å². The normalized spacial score (nSPS) is 28.3. The molecule has 0 N–H and O–H groups in total. The fraction of sp³-hybridized carbons (Fsp3) is 0.667. The second-order valence-corrected chi connectivity index (χ2v) is 7.02. The van der Waals surface area contributed by atoms with Crippen molar-refractivity contribution in [2.75, 3.05) is 53.4 Å². The van der Waals surface area contributed by atoms with Crippen LogP contribution in [0, 0.1) is 5.82 Å². The molecule has 2 atom stereocenters. The standard InChI is InChI=1S/C18H28FN3/c1-20-11-12-21(2)18(14-20)8-10-22-9-7-16(13-22)15-3-5-17(19)6-4-15/h3-6,16,18H,7-14H2,1-2H3/t16-,18-/m0/s1. The Morgan fingerprint density at radius 1 is 1.05 bits per heavy atom. The zero-order chi connectivity index (χ0) is 15.5. The molecular formula is C18H28FN3. The minimum Gasteiger partial charge on any atom is -0.304 e. The predicted molar refractivity (Wildman–Crippen MR) is 88.7 cm³/mol. The molecule has 2 saturated heterocycles. The number of hydrogen-bond donors (Lipinski definition) is 0. The molecule has 0 radical (unpaired) electrons. The summed E-state index contributed by atoms with van der Waals surface area (Å²) in [5.41, 5.74) is 1.29. The molecule has 3 rings (SSSR count). The molecule has 2 fully saturated rings. The van der Waals surface area contributed by atoms with Gasteiger partial charge in [-0.15, -0.1) is 0 Å². The number of likely N-dealkylation sites (N-methyl/N-ethyl adjacent to an activating group) is 2. The lowest BCUT2D eigenvalue weighted by molar-refractivity contribution is 0.101. The molecule has 3 nitrogen and oxygen atoms in total. The minimum atomic E-state index is -0.136. The first-order valence-electron chi connectivity index (χ1n) is 8.48. The van der Waals surface area contributed by atoms with E-state index < -0.39 is 0 Å². The molecule has 0 aromatic heterocycles. The average molecular weight is 305 g/mol. The molecular weight excluding hydrogens is 277 g/mol. The Morgan fingerprint density at radius 2 is 1.82 bits per heavy atom. The van der Waals surface area contributed by atoms with Crippen LogP contribution in [0.1, 0.15) is 24.3 Å². The number of likely N-dealkylation sites (tertiary alicyclic amines) is 1. The third-order valence-electron chi connectivity index (χ3n) is 5.37. The van der Waals surface area contributed by atoms with Crippen LogP contribution in [-0.4, -0.2) is 74.1 Å². The van der Waals surface area contributed by atoms with E-state index in [4.69, 9.17) is 0 Å². The number of halogens is 1. The maximum atomic E-state index is 13.0. The summed E-state index contributed by atoms with van der Waals surface area (Å²) in [6.45, 7) is 7.03. The van der Waals surface area contributed by atoms with Crippen LogP contribution >= 0.6 is 0 Å². The lowest BCUT2D eigenvalue weighted by atomic mass is 9.99. The summed E-state index contributed by atoms with van der Waals surface area (Å²) in [5.74, 6) is 0.440. The fourth-order valence-electron chi connectivity index (χ4n) is 3.79. The largest absolute Gasteiger partial charge is 0.304 e. The van der Waals surface area contributed by atoms with Crippen LogP contribution in [0.5, 0.6) is 0 Å². The van der Waals surface area contributed by atoms with Crippen molar-refractivity contribution in [3.63, 3.8) is 0 Å². The Hall–Kier alpha value is -0.970. The van der Waals surface area contributed by atoms with E-state index in [9.17, 15) is 4.39 Å². The molecule has 0 saturated carbocycles. The van der Waals surface area contributed by atoms with E-state index in [1.54, 1.807) is 12.1 Å². The van der Waals surface area contributed by atoms with Gasteiger partial charge in [0, 0.05) is 32.2 Å². The highest BCUT2D eigenvalue weighted by atomic mass is 19.1. The molecule has 1 aromatic rings. The van der Waals surface area contributed by atoms with Gasteiger partial charge in [-0.3, -0.25) is 0 Å². The maximum absolute atomic E-state index is 13.0. The molecule has 0 aliphatic carbocycles. The van der Waals surface area contributed by atoms with Crippen LogP contribution in [0.4, 0.5) is 4.39 Å². The van der Waals surface area contributed by atoms with Crippen molar-refractivity contribution in [1.82, 2.24) is 14.7 Å². The molecule has 4 heteroatoms. The van der Waals surface area contributed by atoms with Gasteiger partial charge < -0.3 is 14.7 Å². The molecule has 22 heavy (non-hydrogen) atoms. The van der Waals surface area contributed by atoms with E-state index in [1.807, 2.05) is 12.1 Å². The molecule has 2 aliphatic rings. The summed E-state index contributed by atoms with van der Waals surface area (Å²) in [4.78, 5) is 7.53. The minimum absolute atomic E-state index is 0.136. The Kier molecular flexibility index (Phi) is 5.11. The van der Waals surface area contributed by atoms with E-state index in [-0.39, 0.29) is 5.82 Å². The number of rotatable bonds is 4. The van der Waals surface area contributed by atoms with Crippen LogP contribution < -0.4 is 0 Å². The Labute approximate surface area is 133 Å². The highest BCUT2D eigenvalue weighted by Crippen LogP contribution is 2.27. The topological polar surface area (TPSA) is 9.72 Å². The molecule has 0 bridgehead atoms. The first kappa shape index (κ1) is 15.9. The lowest BCUT2D eigenvalue weighted by Gasteiger charge is -2.38. The van der Waals surface area contributed by atoms with Crippen LogP contribution in [0.15, 0.2) is 24.3 Å². The summed E-state index contributed by atoms with van der Waals surface area (Å²) in [6.07, 6.45) is 2.45. The predicted octanol–water partition coefficient (Wildman–Crippen LogP) is 2.25. The first-order valence-corrected chi connectivity index (χ1v) is 8.48. The Balaban J connectivity index is 1.47. The molecule has 2 aliphatic heterocycles. The molecule has 1 aromatic carbocycles. The van der Waals surface area contributed by atoms with Crippen molar-refractivity contribution in [2.24, 2.45) is 0 Å².